The molecule has 2 aromatic rings. The Kier molecular flexibility index (Phi) is 5.10. The third-order valence-corrected chi connectivity index (χ3v) is 4.37. The van der Waals surface area contributed by atoms with Gasteiger partial charge in [0.2, 0.25) is 0 Å². The van der Waals surface area contributed by atoms with Gasteiger partial charge in [-0.25, -0.2) is 0 Å². The first-order valence-corrected chi connectivity index (χ1v) is 7.68. The van der Waals surface area contributed by atoms with Crippen LogP contribution >= 0.6 is 11.8 Å². The third kappa shape index (κ3) is 3.78. The maximum Gasteiger partial charge on any atom is 0.123 e. The summed E-state index contributed by atoms with van der Waals surface area (Å²) >= 11 is 1.78. The highest BCUT2D eigenvalue weighted by Crippen LogP contribution is 2.29. The van der Waals surface area contributed by atoms with Gasteiger partial charge in [0, 0.05) is 22.3 Å². The Bertz CT molecular complexity index is 566. The number of benzene rings is 2. The molecule has 0 aliphatic rings. The van der Waals surface area contributed by atoms with Crippen LogP contribution < -0.4 is 10.5 Å². The van der Waals surface area contributed by atoms with E-state index in [1.807, 2.05) is 12.1 Å². The summed E-state index contributed by atoms with van der Waals surface area (Å²) in [5, 5.41) is 0. The van der Waals surface area contributed by atoms with Crippen LogP contribution in [-0.4, -0.2) is 12.9 Å². The fourth-order valence-electron chi connectivity index (χ4n) is 2.05. The van der Waals surface area contributed by atoms with Crippen molar-refractivity contribution in [3.63, 3.8) is 0 Å². The Balaban J connectivity index is 2.06. The van der Waals surface area contributed by atoms with E-state index in [2.05, 4.69) is 44.2 Å². The molecule has 2 N–H and O–H groups in total. The van der Waals surface area contributed by atoms with Crippen LogP contribution in [0.25, 0.3) is 0 Å². The Morgan fingerprint density at radius 3 is 2.35 bits per heavy atom. The number of nitrogens with two attached hydrogens (primary N) is 1. The van der Waals surface area contributed by atoms with Gasteiger partial charge >= 0.3 is 0 Å². The van der Waals surface area contributed by atoms with Crippen LogP contribution in [0.15, 0.2) is 47.4 Å². The zero-order chi connectivity index (χ0) is 14.5. The number of thioether (sulfide) groups is 1. The second-order valence-electron chi connectivity index (χ2n) is 4.98. The molecule has 106 valence electrons. The van der Waals surface area contributed by atoms with E-state index in [1.54, 1.807) is 18.9 Å². The summed E-state index contributed by atoms with van der Waals surface area (Å²) in [6.45, 7) is 4.17. The van der Waals surface area contributed by atoms with Crippen LogP contribution in [0.1, 0.15) is 22.7 Å². The van der Waals surface area contributed by atoms with Crippen LogP contribution in [0.4, 0.5) is 0 Å². The SMILES string of the molecule is COc1ccc(C)cc1C(N)CSc1ccc(C)cc1. The van der Waals surface area contributed by atoms with Gasteiger partial charge in [0.1, 0.15) is 5.75 Å². The molecule has 0 heterocycles. The molecule has 2 aromatic carbocycles. The monoisotopic (exact) mass is 287 g/mol. The van der Waals surface area contributed by atoms with Crippen molar-refractivity contribution in [3.8, 4) is 5.75 Å². The summed E-state index contributed by atoms with van der Waals surface area (Å²) in [5.41, 5.74) is 9.88. The van der Waals surface area contributed by atoms with E-state index in [9.17, 15) is 0 Å². The van der Waals surface area contributed by atoms with E-state index in [0.717, 1.165) is 17.1 Å². The summed E-state index contributed by atoms with van der Waals surface area (Å²) in [7, 11) is 1.69. The molecule has 0 saturated heterocycles. The van der Waals surface area contributed by atoms with Crippen molar-refractivity contribution in [3.05, 3.63) is 59.2 Å². The summed E-state index contributed by atoms with van der Waals surface area (Å²) in [6.07, 6.45) is 0. The topological polar surface area (TPSA) is 35.2 Å². The lowest BCUT2D eigenvalue weighted by molar-refractivity contribution is 0.407. The van der Waals surface area contributed by atoms with Gasteiger partial charge < -0.3 is 10.5 Å². The highest BCUT2D eigenvalue weighted by molar-refractivity contribution is 7.99. The number of aryl methyl sites for hydroxylation is 2. The van der Waals surface area contributed by atoms with Crippen molar-refractivity contribution in [2.45, 2.75) is 24.8 Å². The summed E-state index contributed by atoms with van der Waals surface area (Å²) in [5.74, 6) is 1.70. The van der Waals surface area contributed by atoms with E-state index in [4.69, 9.17) is 10.5 Å². The average Bonchev–Trinajstić information content (AvgIpc) is 2.46. The average molecular weight is 287 g/mol. The highest BCUT2D eigenvalue weighted by atomic mass is 32.2. The minimum absolute atomic E-state index is 0.0313. The Morgan fingerprint density at radius 1 is 1.05 bits per heavy atom. The molecule has 20 heavy (non-hydrogen) atoms. The smallest absolute Gasteiger partial charge is 0.123 e. The van der Waals surface area contributed by atoms with Crippen LogP contribution in [0.5, 0.6) is 5.75 Å². The van der Waals surface area contributed by atoms with Crippen molar-refractivity contribution < 1.29 is 4.74 Å². The van der Waals surface area contributed by atoms with Crippen molar-refractivity contribution in [1.29, 1.82) is 0 Å². The van der Waals surface area contributed by atoms with Crippen LogP contribution in [0.2, 0.25) is 0 Å². The molecule has 1 unspecified atom stereocenters. The quantitative estimate of drug-likeness (QED) is 0.841. The van der Waals surface area contributed by atoms with E-state index in [1.165, 1.54) is 16.0 Å². The standard InChI is InChI=1S/C17H21NOS/c1-12-4-7-14(8-5-12)20-11-16(18)15-10-13(2)6-9-17(15)19-3/h4-10,16H,11,18H2,1-3H3. The molecule has 0 aromatic heterocycles. The van der Waals surface area contributed by atoms with Crippen LogP contribution in [-0.2, 0) is 0 Å². The molecule has 0 aliphatic carbocycles. The van der Waals surface area contributed by atoms with Crippen molar-refractivity contribution in [2.75, 3.05) is 12.9 Å². The predicted octanol–water partition coefficient (Wildman–Crippen LogP) is 4.10. The molecule has 0 radical (unpaired) electrons. The van der Waals surface area contributed by atoms with Gasteiger partial charge in [-0.3, -0.25) is 0 Å². The number of ether oxygens (including phenoxy) is 1. The molecule has 0 saturated carbocycles. The number of rotatable bonds is 5. The molecule has 0 bridgehead atoms. The van der Waals surface area contributed by atoms with Gasteiger partial charge in [0.05, 0.1) is 7.11 Å². The zero-order valence-corrected chi connectivity index (χ0v) is 13.0. The lowest BCUT2D eigenvalue weighted by Crippen LogP contribution is -2.14. The molecule has 0 spiro atoms. The zero-order valence-electron chi connectivity index (χ0n) is 12.2. The summed E-state index contributed by atoms with van der Waals surface area (Å²) < 4.78 is 5.40. The Labute approximate surface area is 125 Å². The van der Waals surface area contributed by atoms with Gasteiger partial charge in [-0.1, -0.05) is 35.4 Å². The van der Waals surface area contributed by atoms with Gasteiger partial charge in [0.25, 0.3) is 0 Å². The molecular formula is C17H21NOS. The Morgan fingerprint density at radius 2 is 1.70 bits per heavy atom. The first-order valence-electron chi connectivity index (χ1n) is 6.69. The minimum atomic E-state index is -0.0313. The second kappa shape index (κ2) is 6.82. The summed E-state index contributed by atoms with van der Waals surface area (Å²) in [4.78, 5) is 1.25. The molecule has 0 fully saturated rings. The molecule has 0 aliphatic heterocycles. The second-order valence-corrected chi connectivity index (χ2v) is 6.07. The van der Waals surface area contributed by atoms with Gasteiger partial charge in [-0.2, -0.15) is 0 Å². The molecule has 2 rings (SSSR count). The van der Waals surface area contributed by atoms with E-state index < -0.39 is 0 Å². The van der Waals surface area contributed by atoms with E-state index >= 15 is 0 Å². The highest BCUT2D eigenvalue weighted by Gasteiger charge is 2.12. The largest absolute Gasteiger partial charge is 0.496 e. The van der Waals surface area contributed by atoms with Gasteiger partial charge in [0.15, 0.2) is 0 Å². The van der Waals surface area contributed by atoms with E-state index in [0.29, 0.717) is 0 Å². The van der Waals surface area contributed by atoms with Crippen molar-refractivity contribution in [2.24, 2.45) is 5.73 Å². The van der Waals surface area contributed by atoms with Gasteiger partial charge in [-0.05, 0) is 32.0 Å². The molecule has 2 nitrogen and oxygen atoms in total. The lowest BCUT2D eigenvalue weighted by Gasteiger charge is -2.16. The summed E-state index contributed by atoms with van der Waals surface area (Å²) in [6, 6.07) is 14.6. The van der Waals surface area contributed by atoms with Crippen molar-refractivity contribution >= 4 is 11.8 Å². The number of methoxy groups -OCH3 is 1. The first kappa shape index (κ1) is 14.9. The van der Waals surface area contributed by atoms with Crippen LogP contribution in [0.3, 0.4) is 0 Å². The lowest BCUT2D eigenvalue weighted by atomic mass is 10.1. The molecule has 1 atom stereocenters. The fourth-order valence-corrected chi connectivity index (χ4v) is 2.93. The van der Waals surface area contributed by atoms with E-state index in [-0.39, 0.29) is 6.04 Å². The molecule has 0 amide bonds. The molecule has 3 heteroatoms. The minimum Gasteiger partial charge on any atom is -0.496 e. The maximum atomic E-state index is 6.32. The fraction of sp³-hybridized carbons (Fsp3) is 0.294. The number of hydrogen-bond acceptors (Lipinski definition) is 3. The molecular weight excluding hydrogens is 266 g/mol. The van der Waals surface area contributed by atoms with Gasteiger partial charge in [-0.15, -0.1) is 11.8 Å². The first-order chi connectivity index (χ1) is 9.60. The predicted molar refractivity (Wildman–Crippen MR) is 86.6 cm³/mol. The van der Waals surface area contributed by atoms with Crippen LogP contribution in [0, 0.1) is 13.8 Å². The number of hydrogen-bond donors (Lipinski definition) is 1. The third-order valence-electron chi connectivity index (χ3n) is 3.24. The normalized spacial score (nSPS) is 12.2. The maximum absolute atomic E-state index is 6.32. The van der Waals surface area contributed by atoms with Crippen molar-refractivity contribution in [1.82, 2.24) is 0 Å². The Hall–Kier alpha value is -1.45.